The third-order valence-corrected chi connectivity index (χ3v) is 3.79. The minimum atomic E-state index is -0.411. The van der Waals surface area contributed by atoms with Crippen molar-refractivity contribution in [2.24, 2.45) is 11.8 Å². The molecule has 0 aliphatic carbocycles. The lowest BCUT2D eigenvalue weighted by Crippen LogP contribution is -2.35. The van der Waals surface area contributed by atoms with Gasteiger partial charge in [-0.2, -0.15) is 0 Å². The van der Waals surface area contributed by atoms with Gasteiger partial charge in [0.25, 0.3) is 0 Å². The van der Waals surface area contributed by atoms with E-state index in [2.05, 4.69) is 20.4 Å². The van der Waals surface area contributed by atoms with E-state index >= 15 is 0 Å². The van der Waals surface area contributed by atoms with E-state index in [-0.39, 0.29) is 12.0 Å². The first-order valence-electron chi connectivity index (χ1n) is 7.53. The molecule has 118 valence electrons. The van der Waals surface area contributed by atoms with Crippen LogP contribution in [0.25, 0.3) is 0 Å². The van der Waals surface area contributed by atoms with Gasteiger partial charge in [0.05, 0.1) is 25.9 Å². The highest BCUT2D eigenvalue weighted by Crippen LogP contribution is 2.23. The smallest absolute Gasteiger partial charge is 0.118 e. The molecule has 0 aliphatic rings. The maximum Gasteiger partial charge on any atom is 0.118 e. The van der Waals surface area contributed by atoms with E-state index in [9.17, 15) is 5.11 Å². The van der Waals surface area contributed by atoms with Crippen molar-refractivity contribution in [1.29, 1.82) is 0 Å². The summed E-state index contributed by atoms with van der Waals surface area (Å²) in [4.78, 5) is 0. The predicted molar refractivity (Wildman–Crippen MR) is 86.4 cm³/mol. The first-order valence-corrected chi connectivity index (χ1v) is 7.53. The van der Waals surface area contributed by atoms with Crippen molar-refractivity contribution in [2.45, 2.75) is 46.0 Å². The molecule has 3 nitrogen and oxygen atoms in total. The Kier molecular flexibility index (Phi) is 7.48. The second kappa shape index (κ2) is 8.85. The highest BCUT2D eigenvalue weighted by molar-refractivity contribution is 5.26. The topological polar surface area (TPSA) is 38.7 Å². The van der Waals surface area contributed by atoms with Crippen LogP contribution in [-0.4, -0.2) is 24.4 Å². The normalized spacial score (nSPS) is 15.5. The summed E-state index contributed by atoms with van der Waals surface area (Å²) < 4.78 is 11.2. The number of methoxy groups -OCH3 is 1. The summed E-state index contributed by atoms with van der Waals surface area (Å²) in [6.07, 6.45) is 1.95. The summed E-state index contributed by atoms with van der Waals surface area (Å²) >= 11 is 0. The predicted octanol–water partition coefficient (Wildman–Crippen LogP) is 3.81. The minimum Gasteiger partial charge on any atom is -0.497 e. The van der Waals surface area contributed by atoms with Crippen LogP contribution >= 0.6 is 0 Å². The Bertz CT molecular complexity index is 411. The first-order chi connectivity index (χ1) is 9.99. The highest BCUT2D eigenvalue weighted by atomic mass is 16.5. The van der Waals surface area contributed by atoms with Gasteiger partial charge in [-0.1, -0.05) is 39.0 Å². The third kappa shape index (κ3) is 5.52. The van der Waals surface area contributed by atoms with Crippen LogP contribution in [0.1, 0.15) is 32.8 Å². The van der Waals surface area contributed by atoms with Crippen LogP contribution < -0.4 is 4.74 Å². The number of hydrogen-bond acceptors (Lipinski definition) is 3. The average Bonchev–Trinajstić information content (AvgIpc) is 2.47. The number of hydrogen-bond donors (Lipinski definition) is 1. The van der Waals surface area contributed by atoms with Crippen LogP contribution in [0.4, 0.5) is 0 Å². The Morgan fingerprint density at radius 3 is 2.29 bits per heavy atom. The maximum atomic E-state index is 10.1. The van der Waals surface area contributed by atoms with E-state index < -0.39 is 6.10 Å². The van der Waals surface area contributed by atoms with Crippen molar-refractivity contribution < 1.29 is 14.6 Å². The SMILES string of the molecule is C=CC[C@@H](O)[C@H](C)[C@H](OCc1ccc(OC)cc1)C(C)C. The number of aliphatic hydroxyl groups excluding tert-OH is 1. The number of benzene rings is 1. The molecule has 1 N–H and O–H groups in total. The number of ether oxygens (including phenoxy) is 2. The molecule has 0 unspecified atom stereocenters. The van der Waals surface area contributed by atoms with Crippen LogP contribution in [0, 0.1) is 11.8 Å². The summed E-state index contributed by atoms with van der Waals surface area (Å²) in [5.41, 5.74) is 1.10. The van der Waals surface area contributed by atoms with E-state index in [1.807, 2.05) is 31.2 Å². The summed E-state index contributed by atoms with van der Waals surface area (Å²) in [7, 11) is 1.66. The van der Waals surface area contributed by atoms with Gasteiger partial charge in [0.15, 0.2) is 0 Å². The van der Waals surface area contributed by atoms with Crippen LogP contribution in [0.5, 0.6) is 5.75 Å². The van der Waals surface area contributed by atoms with Crippen molar-refractivity contribution in [2.75, 3.05) is 7.11 Å². The van der Waals surface area contributed by atoms with Gasteiger partial charge in [-0.25, -0.2) is 0 Å². The Morgan fingerprint density at radius 1 is 1.19 bits per heavy atom. The molecule has 0 heterocycles. The van der Waals surface area contributed by atoms with Crippen LogP contribution in [-0.2, 0) is 11.3 Å². The molecule has 0 spiro atoms. The average molecular weight is 292 g/mol. The Morgan fingerprint density at radius 2 is 1.81 bits per heavy atom. The molecule has 1 aromatic rings. The van der Waals surface area contributed by atoms with Crippen LogP contribution in [0.2, 0.25) is 0 Å². The Balaban J connectivity index is 2.63. The fraction of sp³-hybridized carbons (Fsp3) is 0.556. The lowest BCUT2D eigenvalue weighted by Gasteiger charge is -2.30. The molecule has 3 heteroatoms. The molecule has 0 saturated heterocycles. The summed E-state index contributed by atoms with van der Waals surface area (Å²) in [5, 5.41) is 10.1. The summed E-state index contributed by atoms with van der Waals surface area (Å²) in [6, 6.07) is 7.86. The molecule has 1 rings (SSSR count). The zero-order chi connectivity index (χ0) is 15.8. The standard InChI is InChI=1S/C18H28O3/c1-6-7-17(19)14(4)18(13(2)3)21-12-15-8-10-16(20-5)11-9-15/h6,8-11,13-14,17-19H,1,7,12H2,2-5H3/t14-,17+,18+/m0/s1. The van der Waals surface area contributed by atoms with Gasteiger partial charge in [-0.3, -0.25) is 0 Å². The molecule has 1 aromatic carbocycles. The van der Waals surface area contributed by atoms with Gasteiger partial charge in [-0.15, -0.1) is 6.58 Å². The van der Waals surface area contributed by atoms with E-state index in [0.717, 1.165) is 11.3 Å². The Labute approximate surface area is 128 Å². The fourth-order valence-corrected chi connectivity index (χ4v) is 2.47. The molecule has 0 radical (unpaired) electrons. The first kappa shape index (κ1) is 17.7. The van der Waals surface area contributed by atoms with Crippen LogP contribution in [0.3, 0.4) is 0 Å². The van der Waals surface area contributed by atoms with Gasteiger partial charge in [-0.05, 0) is 30.0 Å². The molecule has 3 atom stereocenters. The molecule has 0 bridgehead atoms. The lowest BCUT2D eigenvalue weighted by atomic mass is 9.89. The minimum absolute atomic E-state index is 0.0158. The summed E-state index contributed by atoms with van der Waals surface area (Å²) in [6.45, 7) is 10.5. The van der Waals surface area contributed by atoms with Gasteiger partial charge < -0.3 is 14.6 Å². The zero-order valence-corrected chi connectivity index (χ0v) is 13.6. The quantitative estimate of drug-likeness (QED) is 0.703. The molecule has 0 amide bonds. The van der Waals surface area contributed by atoms with Gasteiger partial charge in [0.2, 0.25) is 0 Å². The molecule has 0 saturated carbocycles. The second-order valence-corrected chi connectivity index (χ2v) is 5.82. The van der Waals surface area contributed by atoms with Crippen LogP contribution in [0.15, 0.2) is 36.9 Å². The van der Waals surface area contributed by atoms with Gasteiger partial charge >= 0.3 is 0 Å². The molecule has 0 fully saturated rings. The van der Waals surface area contributed by atoms with Gasteiger partial charge in [0.1, 0.15) is 5.75 Å². The van der Waals surface area contributed by atoms with Gasteiger partial charge in [0, 0.05) is 5.92 Å². The number of rotatable bonds is 9. The second-order valence-electron chi connectivity index (χ2n) is 5.82. The Hall–Kier alpha value is -1.32. The van der Waals surface area contributed by atoms with E-state index in [4.69, 9.17) is 9.47 Å². The van der Waals surface area contributed by atoms with E-state index in [0.29, 0.717) is 18.9 Å². The van der Waals surface area contributed by atoms with Crippen molar-refractivity contribution in [1.82, 2.24) is 0 Å². The maximum absolute atomic E-state index is 10.1. The highest BCUT2D eigenvalue weighted by Gasteiger charge is 2.26. The van der Waals surface area contributed by atoms with Crippen molar-refractivity contribution in [3.63, 3.8) is 0 Å². The largest absolute Gasteiger partial charge is 0.497 e. The van der Waals surface area contributed by atoms with Crippen molar-refractivity contribution in [3.05, 3.63) is 42.5 Å². The molecular weight excluding hydrogens is 264 g/mol. The van der Waals surface area contributed by atoms with E-state index in [1.165, 1.54) is 0 Å². The third-order valence-electron chi connectivity index (χ3n) is 3.79. The summed E-state index contributed by atoms with van der Waals surface area (Å²) in [5.74, 6) is 1.26. The zero-order valence-electron chi connectivity index (χ0n) is 13.6. The monoisotopic (exact) mass is 292 g/mol. The molecule has 0 aromatic heterocycles. The van der Waals surface area contributed by atoms with Crippen molar-refractivity contribution in [3.8, 4) is 5.75 Å². The molecule has 0 aliphatic heterocycles. The van der Waals surface area contributed by atoms with Crippen molar-refractivity contribution >= 4 is 0 Å². The lowest BCUT2D eigenvalue weighted by molar-refractivity contribution is -0.0603. The molecule has 21 heavy (non-hydrogen) atoms. The molecular formula is C18H28O3. The number of aliphatic hydroxyl groups is 1. The van der Waals surface area contributed by atoms with E-state index in [1.54, 1.807) is 13.2 Å². The fourth-order valence-electron chi connectivity index (χ4n) is 2.47.